The van der Waals surface area contributed by atoms with E-state index in [1.807, 2.05) is 55.5 Å². The van der Waals surface area contributed by atoms with Gasteiger partial charge in [0.15, 0.2) is 0 Å². The highest BCUT2D eigenvalue weighted by Crippen LogP contribution is 2.33. The number of piperidine rings is 1. The van der Waals surface area contributed by atoms with Crippen LogP contribution >= 0.6 is 0 Å². The van der Waals surface area contributed by atoms with Gasteiger partial charge < -0.3 is 14.5 Å². The van der Waals surface area contributed by atoms with Crippen LogP contribution in [0.25, 0.3) is 11.0 Å². The number of anilines is 1. The normalized spacial score (nSPS) is 16.1. The average Bonchev–Trinajstić information content (AvgIpc) is 2.93. The molecule has 8 nitrogen and oxygen atoms in total. The van der Waals surface area contributed by atoms with Gasteiger partial charge in [0.1, 0.15) is 11.4 Å². The predicted octanol–water partition coefficient (Wildman–Crippen LogP) is 4.96. The molecule has 6 rings (SSSR count). The number of nitrogens with zero attached hydrogens (tertiary/aromatic N) is 6. The average molecular weight is 495 g/mol. The molecule has 8 heteroatoms. The van der Waals surface area contributed by atoms with Crippen molar-refractivity contribution >= 4 is 22.9 Å². The van der Waals surface area contributed by atoms with Gasteiger partial charge in [-0.2, -0.15) is 4.98 Å². The van der Waals surface area contributed by atoms with Crippen molar-refractivity contribution in [2.45, 2.75) is 39.7 Å². The summed E-state index contributed by atoms with van der Waals surface area (Å²) >= 11 is 0. The Morgan fingerprint density at radius 1 is 0.946 bits per heavy atom. The van der Waals surface area contributed by atoms with Crippen LogP contribution in [0.4, 0.5) is 5.95 Å². The van der Waals surface area contributed by atoms with Crippen molar-refractivity contribution in [1.29, 1.82) is 0 Å². The van der Waals surface area contributed by atoms with Gasteiger partial charge in [-0.3, -0.25) is 9.78 Å². The molecule has 2 aliphatic rings. The second-order valence-corrected chi connectivity index (χ2v) is 10.1. The Hall–Kier alpha value is -4.07. The molecule has 2 aromatic heterocycles. The van der Waals surface area contributed by atoms with E-state index in [4.69, 9.17) is 14.7 Å². The summed E-state index contributed by atoms with van der Waals surface area (Å²) in [6.45, 7) is 7.14. The minimum Gasteiger partial charge on any atom is -0.438 e. The fraction of sp³-hybridized carbons (Fsp3) is 0.345. The zero-order valence-electron chi connectivity index (χ0n) is 21.2. The van der Waals surface area contributed by atoms with Crippen LogP contribution in [0.2, 0.25) is 0 Å². The van der Waals surface area contributed by atoms with Crippen LogP contribution in [-0.2, 0) is 13.0 Å². The molecule has 188 valence electrons. The van der Waals surface area contributed by atoms with Gasteiger partial charge in [-0.05, 0) is 49.9 Å². The van der Waals surface area contributed by atoms with Gasteiger partial charge in [-0.25, -0.2) is 9.97 Å². The first kappa shape index (κ1) is 23.3. The molecule has 0 radical (unpaired) electrons. The molecule has 4 aromatic rings. The summed E-state index contributed by atoms with van der Waals surface area (Å²) in [6, 6.07) is 15.5. The SMILES string of the molecule is Cc1ccc(Oc2nc(N3CCC(C)CC3)nc3c2CN(C(=O)c2cnc4ccccc4n2)CC3)cc1. The third-order valence-corrected chi connectivity index (χ3v) is 7.27. The van der Waals surface area contributed by atoms with E-state index >= 15 is 0 Å². The Morgan fingerprint density at radius 3 is 2.49 bits per heavy atom. The molecule has 0 atom stereocenters. The van der Waals surface area contributed by atoms with E-state index in [0.29, 0.717) is 48.3 Å². The Labute approximate surface area is 216 Å². The fourth-order valence-corrected chi connectivity index (χ4v) is 4.92. The van der Waals surface area contributed by atoms with E-state index in [-0.39, 0.29) is 5.91 Å². The van der Waals surface area contributed by atoms with Gasteiger partial charge in [0.05, 0.1) is 35.0 Å². The molecule has 0 unspecified atom stereocenters. The maximum atomic E-state index is 13.4. The first-order valence-electron chi connectivity index (χ1n) is 12.9. The number of amides is 1. The monoisotopic (exact) mass is 494 g/mol. The lowest BCUT2D eigenvalue weighted by Gasteiger charge is -2.33. The van der Waals surface area contributed by atoms with Crippen molar-refractivity contribution in [2.75, 3.05) is 24.5 Å². The highest BCUT2D eigenvalue weighted by molar-refractivity contribution is 5.94. The molecule has 0 spiro atoms. The summed E-state index contributed by atoms with van der Waals surface area (Å²) in [4.78, 5) is 36.3. The number of carbonyl (C=O) groups is 1. The van der Waals surface area contributed by atoms with Crippen molar-refractivity contribution in [3.63, 3.8) is 0 Å². The second kappa shape index (κ2) is 9.76. The lowest BCUT2D eigenvalue weighted by Crippen LogP contribution is -2.38. The Kier molecular flexibility index (Phi) is 6.16. The Morgan fingerprint density at radius 2 is 1.70 bits per heavy atom. The standard InChI is InChI=1S/C29H30N6O2/c1-19-7-9-21(10-8-19)37-27-22-18-35(28(36)26-17-30-24-5-3-4-6-25(24)31-26)16-13-23(22)32-29(33-27)34-14-11-20(2)12-15-34/h3-10,17,20H,11-16,18H2,1-2H3. The molecule has 1 saturated heterocycles. The number of fused-ring (bicyclic) bond motifs is 2. The van der Waals surface area contributed by atoms with Gasteiger partial charge in [-0.15, -0.1) is 0 Å². The van der Waals surface area contributed by atoms with E-state index in [1.54, 1.807) is 11.1 Å². The van der Waals surface area contributed by atoms with Crippen LogP contribution in [0.3, 0.4) is 0 Å². The third-order valence-electron chi connectivity index (χ3n) is 7.27. The van der Waals surface area contributed by atoms with Crippen LogP contribution in [-0.4, -0.2) is 50.4 Å². The summed E-state index contributed by atoms with van der Waals surface area (Å²) in [7, 11) is 0. The van der Waals surface area contributed by atoms with Gasteiger partial charge in [0.2, 0.25) is 11.8 Å². The van der Waals surface area contributed by atoms with Crippen LogP contribution in [0.1, 0.15) is 47.1 Å². The smallest absolute Gasteiger partial charge is 0.274 e. The van der Waals surface area contributed by atoms with Crippen LogP contribution in [0.5, 0.6) is 11.6 Å². The molecule has 2 aromatic carbocycles. The number of aryl methyl sites for hydroxylation is 1. The summed E-state index contributed by atoms with van der Waals surface area (Å²) in [5, 5.41) is 0. The summed E-state index contributed by atoms with van der Waals surface area (Å²) < 4.78 is 6.33. The number of hydrogen-bond donors (Lipinski definition) is 0. The Bertz CT molecular complexity index is 1450. The molecule has 0 aliphatic carbocycles. The van der Waals surface area contributed by atoms with Gasteiger partial charge in [0.25, 0.3) is 5.91 Å². The summed E-state index contributed by atoms with van der Waals surface area (Å²) in [5.41, 5.74) is 4.77. The lowest BCUT2D eigenvalue weighted by atomic mass is 9.99. The highest BCUT2D eigenvalue weighted by atomic mass is 16.5. The molecule has 2 aliphatic heterocycles. The topological polar surface area (TPSA) is 84.3 Å². The number of rotatable bonds is 4. The number of carbonyl (C=O) groups excluding carboxylic acids is 1. The molecule has 1 fully saturated rings. The maximum Gasteiger partial charge on any atom is 0.274 e. The van der Waals surface area contributed by atoms with E-state index in [2.05, 4.69) is 21.8 Å². The molecule has 37 heavy (non-hydrogen) atoms. The zero-order valence-corrected chi connectivity index (χ0v) is 21.2. The molecule has 0 saturated carbocycles. The van der Waals surface area contributed by atoms with E-state index in [0.717, 1.165) is 54.2 Å². The van der Waals surface area contributed by atoms with Gasteiger partial charge in [0, 0.05) is 26.1 Å². The van der Waals surface area contributed by atoms with Crippen molar-refractivity contribution < 1.29 is 9.53 Å². The van der Waals surface area contributed by atoms with Crippen LogP contribution < -0.4 is 9.64 Å². The Balaban J connectivity index is 1.32. The van der Waals surface area contributed by atoms with E-state index in [9.17, 15) is 4.79 Å². The predicted molar refractivity (Wildman–Crippen MR) is 142 cm³/mol. The molecule has 0 bridgehead atoms. The van der Waals surface area contributed by atoms with Crippen molar-refractivity contribution in [1.82, 2.24) is 24.8 Å². The molecule has 0 N–H and O–H groups in total. The highest BCUT2D eigenvalue weighted by Gasteiger charge is 2.29. The second-order valence-electron chi connectivity index (χ2n) is 10.1. The third kappa shape index (κ3) is 4.83. The maximum absolute atomic E-state index is 13.4. The number of hydrogen-bond acceptors (Lipinski definition) is 7. The number of aromatic nitrogens is 4. The quantitative estimate of drug-likeness (QED) is 0.397. The first-order chi connectivity index (χ1) is 18.0. The van der Waals surface area contributed by atoms with E-state index in [1.165, 1.54) is 0 Å². The number of ether oxygens (including phenoxy) is 1. The largest absolute Gasteiger partial charge is 0.438 e. The molecular formula is C29H30N6O2. The molecule has 4 heterocycles. The van der Waals surface area contributed by atoms with Crippen LogP contribution in [0.15, 0.2) is 54.7 Å². The minimum absolute atomic E-state index is 0.153. The van der Waals surface area contributed by atoms with Gasteiger partial charge in [-0.1, -0.05) is 36.8 Å². The first-order valence-corrected chi connectivity index (χ1v) is 12.9. The number of para-hydroxylation sites is 2. The lowest BCUT2D eigenvalue weighted by molar-refractivity contribution is 0.0726. The minimum atomic E-state index is -0.153. The fourth-order valence-electron chi connectivity index (χ4n) is 4.92. The summed E-state index contributed by atoms with van der Waals surface area (Å²) in [6.07, 6.45) is 4.44. The summed E-state index contributed by atoms with van der Waals surface area (Å²) in [5.74, 6) is 2.51. The van der Waals surface area contributed by atoms with Crippen molar-refractivity contribution in [3.05, 3.63) is 77.2 Å². The van der Waals surface area contributed by atoms with E-state index < -0.39 is 0 Å². The zero-order chi connectivity index (χ0) is 25.4. The van der Waals surface area contributed by atoms with Gasteiger partial charge >= 0.3 is 0 Å². The van der Waals surface area contributed by atoms with Crippen molar-refractivity contribution in [3.8, 4) is 11.6 Å². The van der Waals surface area contributed by atoms with Crippen molar-refractivity contribution in [2.24, 2.45) is 5.92 Å². The molecule has 1 amide bonds. The molecular weight excluding hydrogens is 464 g/mol. The number of benzene rings is 2. The van der Waals surface area contributed by atoms with Crippen LogP contribution in [0, 0.1) is 12.8 Å².